The van der Waals surface area contributed by atoms with Crippen molar-refractivity contribution in [2.75, 3.05) is 13.1 Å². The number of halogens is 4. The second-order valence-corrected chi connectivity index (χ2v) is 6.51. The number of benzene rings is 1. The summed E-state index contributed by atoms with van der Waals surface area (Å²) >= 11 is 3.52. The topological polar surface area (TPSA) is 20.3 Å². The molecule has 0 radical (unpaired) electrons. The maximum atomic E-state index is 13.1. The van der Waals surface area contributed by atoms with Crippen molar-refractivity contribution in [3.05, 3.63) is 35.1 Å². The molecule has 1 fully saturated rings. The first-order valence-electron chi connectivity index (χ1n) is 6.48. The van der Waals surface area contributed by atoms with E-state index in [0.29, 0.717) is 23.8 Å². The first kappa shape index (κ1) is 15.4. The van der Waals surface area contributed by atoms with E-state index in [9.17, 15) is 18.0 Å². The molecule has 0 aliphatic carbocycles. The number of amides is 1. The monoisotopic (exact) mass is 349 g/mol. The van der Waals surface area contributed by atoms with Gasteiger partial charge in [-0.15, -0.1) is 0 Å². The predicted octanol–water partition coefficient (Wildman–Crippen LogP) is 3.74. The van der Waals surface area contributed by atoms with E-state index in [1.165, 1.54) is 0 Å². The van der Waals surface area contributed by atoms with Crippen LogP contribution in [0.3, 0.4) is 0 Å². The van der Waals surface area contributed by atoms with Gasteiger partial charge in [0.05, 0.1) is 0 Å². The second-order valence-electron chi connectivity index (χ2n) is 5.06. The zero-order valence-corrected chi connectivity index (χ0v) is 12.6. The van der Waals surface area contributed by atoms with Gasteiger partial charge in [-0.1, -0.05) is 22.9 Å². The molecule has 0 spiro atoms. The number of alkyl halides is 1. The van der Waals surface area contributed by atoms with Crippen molar-refractivity contribution >= 4 is 21.8 Å². The third-order valence-corrected chi connectivity index (χ3v) is 4.45. The van der Waals surface area contributed by atoms with Gasteiger partial charge < -0.3 is 4.90 Å². The van der Waals surface area contributed by atoms with Crippen LogP contribution in [0.2, 0.25) is 0 Å². The number of likely N-dealkylation sites (tertiary alicyclic amines) is 1. The number of piperidine rings is 1. The third-order valence-electron chi connectivity index (χ3n) is 3.71. The summed E-state index contributed by atoms with van der Waals surface area (Å²) in [6.45, 7) is 3.15. The summed E-state index contributed by atoms with van der Waals surface area (Å²) < 4.78 is 39.2. The van der Waals surface area contributed by atoms with Crippen LogP contribution in [0.4, 0.5) is 13.2 Å². The van der Waals surface area contributed by atoms with Crippen LogP contribution in [0.1, 0.15) is 30.1 Å². The van der Waals surface area contributed by atoms with Crippen LogP contribution in [-0.2, 0) is 0 Å². The van der Waals surface area contributed by atoms with E-state index in [2.05, 4.69) is 22.9 Å². The minimum absolute atomic E-state index is 0.147. The molecule has 0 saturated carbocycles. The van der Waals surface area contributed by atoms with Gasteiger partial charge in [0, 0.05) is 23.5 Å². The Bertz CT molecular complexity index is 490. The first-order valence-corrected chi connectivity index (χ1v) is 7.39. The Morgan fingerprint density at radius 1 is 1.25 bits per heavy atom. The Labute approximate surface area is 124 Å². The molecule has 0 N–H and O–H groups in total. The lowest BCUT2D eigenvalue weighted by atomic mass is 9.94. The van der Waals surface area contributed by atoms with Crippen molar-refractivity contribution in [3.8, 4) is 0 Å². The predicted molar refractivity (Wildman–Crippen MR) is 73.3 cm³/mol. The Hall–Kier alpha value is -1.04. The molecule has 1 atom stereocenters. The summed E-state index contributed by atoms with van der Waals surface area (Å²) in [6.07, 6.45) is 1.68. The highest BCUT2D eigenvalue weighted by molar-refractivity contribution is 9.09. The Balaban J connectivity index is 2.09. The fourth-order valence-corrected chi connectivity index (χ4v) is 2.95. The molecule has 1 aromatic rings. The SMILES string of the molecule is CC(Br)C1CCN(C(=O)c2cc(F)c(F)c(F)c2)CC1. The molecule has 0 bridgehead atoms. The molecule has 1 saturated heterocycles. The molecule has 2 rings (SSSR count). The van der Waals surface area contributed by atoms with E-state index in [1.807, 2.05) is 0 Å². The molecule has 1 heterocycles. The van der Waals surface area contributed by atoms with Crippen LogP contribution in [0.5, 0.6) is 0 Å². The van der Waals surface area contributed by atoms with E-state index in [1.54, 1.807) is 4.90 Å². The lowest BCUT2D eigenvalue weighted by molar-refractivity contribution is 0.0690. The smallest absolute Gasteiger partial charge is 0.254 e. The van der Waals surface area contributed by atoms with E-state index in [0.717, 1.165) is 25.0 Å². The summed E-state index contributed by atoms with van der Waals surface area (Å²) in [6, 6.07) is 1.50. The van der Waals surface area contributed by atoms with Gasteiger partial charge in [-0.25, -0.2) is 13.2 Å². The fraction of sp³-hybridized carbons (Fsp3) is 0.500. The summed E-state index contributed by atoms with van der Waals surface area (Å²) in [7, 11) is 0. The van der Waals surface area contributed by atoms with Gasteiger partial charge in [0.2, 0.25) is 0 Å². The lowest BCUT2D eigenvalue weighted by Crippen LogP contribution is -2.40. The third kappa shape index (κ3) is 3.16. The van der Waals surface area contributed by atoms with E-state index in [4.69, 9.17) is 0 Å². The van der Waals surface area contributed by atoms with Gasteiger partial charge in [0.1, 0.15) is 0 Å². The summed E-state index contributed by atoms with van der Waals surface area (Å²) in [5.41, 5.74) is -0.147. The normalized spacial score (nSPS) is 18.1. The number of rotatable bonds is 2. The van der Waals surface area contributed by atoms with Crippen LogP contribution < -0.4 is 0 Å². The average molecular weight is 350 g/mol. The first-order chi connectivity index (χ1) is 9.40. The van der Waals surface area contributed by atoms with Gasteiger partial charge in [-0.3, -0.25) is 4.79 Å². The van der Waals surface area contributed by atoms with Gasteiger partial charge in [-0.05, 0) is 30.9 Å². The quantitative estimate of drug-likeness (QED) is 0.588. The van der Waals surface area contributed by atoms with Crippen LogP contribution in [0.15, 0.2) is 12.1 Å². The molecule has 6 heteroatoms. The number of nitrogens with zero attached hydrogens (tertiary/aromatic N) is 1. The molecule has 2 nitrogen and oxygen atoms in total. The van der Waals surface area contributed by atoms with Crippen LogP contribution >= 0.6 is 15.9 Å². The Morgan fingerprint density at radius 2 is 1.75 bits per heavy atom. The second kappa shape index (κ2) is 6.16. The van der Waals surface area contributed by atoms with Crippen molar-refractivity contribution in [2.24, 2.45) is 5.92 Å². The Kier molecular flexibility index (Phi) is 4.73. The minimum Gasteiger partial charge on any atom is -0.339 e. The summed E-state index contributed by atoms with van der Waals surface area (Å²) in [5.74, 6) is -4.19. The average Bonchev–Trinajstić information content (AvgIpc) is 2.43. The van der Waals surface area contributed by atoms with Crippen molar-refractivity contribution in [2.45, 2.75) is 24.6 Å². The van der Waals surface area contributed by atoms with E-state index in [-0.39, 0.29) is 5.56 Å². The number of hydrogen-bond acceptors (Lipinski definition) is 1. The molecule has 1 aromatic carbocycles. The molecule has 1 amide bonds. The van der Waals surface area contributed by atoms with Crippen molar-refractivity contribution in [3.63, 3.8) is 0 Å². The van der Waals surface area contributed by atoms with Gasteiger partial charge in [-0.2, -0.15) is 0 Å². The van der Waals surface area contributed by atoms with Crippen molar-refractivity contribution in [1.82, 2.24) is 4.90 Å². The number of carbonyl (C=O) groups excluding carboxylic acids is 1. The highest BCUT2D eigenvalue weighted by atomic mass is 79.9. The van der Waals surface area contributed by atoms with Gasteiger partial charge in [0.25, 0.3) is 5.91 Å². The molecular weight excluding hydrogens is 335 g/mol. The van der Waals surface area contributed by atoms with Crippen molar-refractivity contribution < 1.29 is 18.0 Å². The molecular formula is C14H15BrF3NO. The molecule has 1 aliphatic rings. The summed E-state index contributed by atoms with van der Waals surface area (Å²) in [5, 5.41) is 0. The minimum atomic E-state index is -1.55. The van der Waals surface area contributed by atoms with Crippen LogP contribution in [0, 0.1) is 23.4 Å². The maximum Gasteiger partial charge on any atom is 0.254 e. The maximum absolute atomic E-state index is 13.1. The Morgan fingerprint density at radius 3 is 2.20 bits per heavy atom. The molecule has 1 unspecified atom stereocenters. The highest BCUT2D eigenvalue weighted by Crippen LogP contribution is 2.26. The zero-order chi connectivity index (χ0) is 14.9. The molecule has 20 heavy (non-hydrogen) atoms. The fourth-order valence-electron chi connectivity index (χ4n) is 2.42. The molecule has 0 aromatic heterocycles. The zero-order valence-electron chi connectivity index (χ0n) is 11.0. The number of hydrogen-bond donors (Lipinski definition) is 0. The molecule has 1 aliphatic heterocycles. The van der Waals surface area contributed by atoms with Gasteiger partial charge >= 0.3 is 0 Å². The number of carbonyl (C=O) groups is 1. The largest absolute Gasteiger partial charge is 0.339 e. The highest BCUT2D eigenvalue weighted by Gasteiger charge is 2.26. The van der Waals surface area contributed by atoms with Crippen LogP contribution in [0.25, 0.3) is 0 Å². The van der Waals surface area contributed by atoms with E-state index >= 15 is 0 Å². The lowest BCUT2D eigenvalue weighted by Gasteiger charge is -2.33. The van der Waals surface area contributed by atoms with Crippen molar-refractivity contribution in [1.29, 1.82) is 0 Å². The van der Waals surface area contributed by atoms with Crippen LogP contribution in [-0.4, -0.2) is 28.7 Å². The summed E-state index contributed by atoms with van der Waals surface area (Å²) in [4.78, 5) is 14.1. The standard InChI is InChI=1S/C14H15BrF3NO/c1-8(15)9-2-4-19(5-3-9)14(20)10-6-11(16)13(18)12(17)7-10/h6-9H,2-5H2,1H3. The molecule has 110 valence electrons. The van der Waals surface area contributed by atoms with Gasteiger partial charge in [0.15, 0.2) is 17.5 Å². The van der Waals surface area contributed by atoms with E-state index < -0.39 is 23.4 Å².